The van der Waals surface area contributed by atoms with E-state index < -0.39 is 23.8 Å². The van der Waals surface area contributed by atoms with Gasteiger partial charge in [0.05, 0.1) is 5.92 Å². The van der Waals surface area contributed by atoms with Crippen LogP contribution >= 0.6 is 0 Å². The Morgan fingerprint density at radius 1 is 0.913 bits per heavy atom. The third kappa shape index (κ3) is 9.84. The van der Waals surface area contributed by atoms with E-state index >= 15 is 0 Å². The van der Waals surface area contributed by atoms with Gasteiger partial charge in [-0.15, -0.1) is 0 Å². The van der Waals surface area contributed by atoms with Crippen molar-refractivity contribution < 1.29 is 29.7 Å². The maximum Gasteiger partial charge on any atom is 0.328 e. The van der Waals surface area contributed by atoms with E-state index in [1.54, 1.807) is 6.92 Å². The van der Waals surface area contributed by atoms with Crippen molar-refractivity contribution in [3.63, 3.8) is 0 Å². The molecule has 6 heteroatoms. The van der Waals surface area contributed by atoms with Crippen LogP contribution in [0, 0.1) is 5.92 Å². The first-order valence-electron chi connectivity index (χ1n) is 7.09. The smallest absolute Gasteiger partial charge is 0.328 e. The third-order valence-electron chi connectivity index (χ3n) is 2.86. The van der Waals surface area contributed by atoms with Gasteiger partial charge in [-0.2, -0.15) is 0 Å². The van der Waals surface area contributed by atoms with Gasteiger partial charge in [-0.25, -0.2) is 9.59 Å². The molecule has 0 aliphatic heterocycles. The fourth-order valence-electron chi connectivity index (χ4n) is 1.70. The van der Waals surface area contributed by atoms with E-state index in [4.69, 9.17) is 15.3 Å². The molecule has 23 heavy (non-hydrogen) atoms. The fourth-order valence-corrected chi connectivity index (χ4v) is 1.70. The summed E-state index contributed by atoms with van der Waals surface area (Å²) in [6, 6.07) is 7.87. The Kier molecular flexibility index (Phi) is 8.99. The zero-order valence-electron chi connectivity index (χ0n) is 13.4. The molecular formula is C17H22O6. The normalized spacial score (nSPS) is 11.7. The van der Waals surface area contributed by atoms with Gasteiger partial charge in [0, 0.05) is 12.2 Å². The molecule has 3 N–H and O–H groups in total. The van der Waals surface area contributed by atoms with Crippen LogP contribution in [0.3, 0.4) is 0 Å². The Labute approximate surface area is 135 Å². The summed E-state index contributed by atoms with van der Waals surface area (Å²) in [6.07, 6.45) is 2.16. The molecule has 0 radical (unpaired) electrons. The summed E-state index contributed by atoms with van der Waals surface area (Å²) >= 11 is 0. The zero-order valence-corrected chi connectivity index (χ0v) is 13.4. The number of hydrogen-bond donors (Lipinski definition) is 3. The van der Waals surface area contributed by atoms with Crippen LogP contribution in [-0.4, -0.2) is 33.2 Å². The SMILES string of the molecule is CC(C)Cc1ccc(C(C)C(=O)O)cc1.O=C(O)/C=C/C(=O)O. The van der Waals surface area contributed by atoms with E-state index in [1.807, 2.05) is 24.3 Å². The second-order valence-electron chi connectivity index (χ2n) is 5.41. The van der Waals surface area contributed by atoms with E-state index in [2.05, 4.69) is 13.8 Å². The third-order valence-corrected chi connectivity index (χ3v) is 2.86. The second kappa shape index (κ2) is 10.2. The summed E-state index contributed by atoms with van der Waals surface area (Å²) in [5.74, 6) is -3.07. The van der Waals surface area contributed by atoms with E-state index in [0.717, 1.165) is 12.0 Å². The molecule has 0 saturated carbocycles. The number of benzene rings is 1. The largest absolute Gasteiger partial charge is 0.481 e. The van der Waals surface area contributed by atoms with Crippen molar-refractivity contribution >= 4 is 17.9 Å². The van der Waals surface area contributed by atoms with Crippen LogP contribution in [0.1, 0.15) is 37.8 Å². The Morgan fingerprint density at radius 3 is 1.65 bits per heavy atom. The first-order chi connectivity index (χ1) is 10.6. The van der Waals surface area contributed by atoms with Crippen LogP contribution in [-0.2, 0) is 20.8 Å². The summed E-state index contributed by atoms with van der Waals surface area (Å²) in [4.78, 5) is 29.9. The van der Waals surface area contributed by atoms with Crippen molar-refractivity contribution in [2.45, 2.75) is 33.1 Å². The molecule has 1 aromatic rings. The number of rotatable bonds is 6. The van der Waals surface area contributed by atoms with Crippen LogP contribution in [0.4, 0.5) is 0 Å². The Bertz CT molecular complexity index is 541. The highest BCUT2D eigenvalue weighted by Crippen LogP contribution is 2.17. The van der Waals surface area contributed by atoms with Gasteiger partial charge in [0.15, 0.2) is 0 Å². The molecule has 1 rings (SSSR count). The van der Waals surface area contributed by atoms with Gasteiger partial charge in [-0.3, -0.25) is 4.79 Å². The molecule has 0 heterocycles. The van der Waals surface area contributed by atoms with Gasteiger partial charge in [0.2, 0.25) is 0 Å². The van der Waals surface area contributed by atoms with Gasteiger partial charge in [0.25, 0.3) is 0 Å². The lowest BCUT2D eigenvalue weighted by atomic mass is 9.97. The van der Waals surface area contributed by atoms with Gasteiger partial charge in [-0.1, -0.05) is 38.1 Å². The Balaban J connectivity index is 0.000000515. The molecule has 0 aliphatic rings. The van der Waals surface area contributed by atoms with E-state index in [9.17, 15) is 14.4 Å². The molecule has 0 bridgehead atoms. The highest BCUT2D eigenvalue weighted by Gasteiger charge is 2.12. The average molecular weight is 322 g/mol. The van der Waals surface area contributed by atoms with Crippen LogP contribution in [0.25, 0.3) is 0 Å². The molecule has 0 aromatic heterocycles. The first-order valence-corrected chi connectivity index (χ1v) is 7.09. The van der Waals surface area contributed by atoms with E-state index in [1.165, 1.54) is 5.56 Å². The predicted molar refractivity (Wildman–Crippen MR) is 85.4 cm³/mol. The molecule has 0 aliphatic carbocycles. The summed E-state index contributed by atoms with van der Waals surface area (Å²) in [5.41, 5.74) is 2.14. The van der Waals surface area contributed by atoms with Crippen LogP contribution in [0.15, 0.2) is 36.4 Å². The monoisotopic (exact) mass is 322 g/mol. The molecule has 126 valence electrons. The van der Waals surface area contributed by atoms with Gasteiger partial charge in [0.1, 0.15) is 0 Å². The minimum Gasteiger partial charge on any atom is -0.481 e. The first kappa shape index (κ1) is 20.4. The van der Waals surface area contributed by atoms with Crippen molar-refractivity contribution in [2.24, 2.45) is 5.92 Å². The van der Waals surface area contributed by atoms with Crippen molar-refractivity contribution in [3.05, 3.63) is 47.5 Å². The molecule has 1 atom stereocenters. The fraction of sp³-hybridized carbons (Fsp3) is 0.353. The van der Waals surface area contributed by atoms with Crippen LogP contribution < -0.4 is 0 Å². The average Bonchev–Trinajstić information content (AvgIpc) is 2.45. The summed E-state index contributed by atoms with van der Waals surface area (Å²) < 4.78 is 0. The van der Waals surface area contributed by atoms with Crippen molar-refractivity contribution in [1.29, 1.82) is 0 Å². The van der Waals surface area contributed by atoms with Gasteiger partial charge >= 0.3 is 17.9 Å². The second-order valence-corrected chi connectivity index (χ2v) is 5.41. The Hall–Kier alpha value is -2.63. The number of carboxylic acid groups (broad SMARTS) is 3. The van der Waals surface area contributed by atoms with E-state index in [-0.39, 0.29) is 0 Å². The van der Waals surface area contributed by atoms with E-state index in [0.29, 0.717) is 18.1 Å². The molecule has 6 nitrogen and oxygen atoms in total. The molecular weight excluding hydrogens is 300 g/mol. The lowest BCUT2D eigenvalue weighted by molar-refractivity contribution is -0.138. The maximum absolute atomic E-state index is 10.8. The minimum absolute atomic E-state index is 0.418. The number of aliphatic carboxylic acids is 3. The maximum atomic E-state index is 10.8. The molecule has 0 amide bonds. The molecule has 0 fully saturated rings. The number of hydrogen-bond acceptors (Lipinski definition) is 3. The zero-order chi connectivity index (χ0) is 18.0. The Morgan fingerprint density at radius 2 is 1.35 bits per heavy atom. The molecule has 1 aromatic carbocycles. The van der Waals surface area contributed by atoms with Crippen LogP contribution in [0.2, 0.25) is 0 Å². The highest BCUT2D eigenvalue weighted by molar-refractivity contribution is 5.89. The molecule has 0 spiro atoms. The highest BCUT2D eigenvalue weighted by atomic mass is 16.4. The molecule has 0 saturated heterocycles. The number of carbonyl (C=O) groups is 3. The molecule has 1 unspecified atom stereocenters. The van der Waals surface area contributed by atoms with Crippen molar-refractivity contribution in [2.75, 3.05) is 0 Å². The summed E-state index contributed by atoms with van der Waals surface area (Å²) in [7, 11) is 0. The summed E-state index contributed by atoms with van der Waals surface area (Å²) in [6.45, 7) is 6.06. The summed E-state index contributed by atoms with van der Waals surface area (Å²) in [5, 5.41) is 24.5. The lowest BCUT2D eigenvalue weighted by Gasteiger charge is -2.09. The van der Waals surface area contributed by atoms with Gasteiger partial charge < -0.3 is 15.3 Å². The van der Waals surface area contributed by atoms with Gasteiger partial charge in [-0.05, 0) is 30.4 Å². The quantitative estimate of drug-likeness (QED) is 0.694. The van der Waals surface area contributed by atoms with Crippen molar-refractivity contribution in [3.8, 4) is 0 Å². The van der Waals surface area contributed by atoms with Crippen LogP contribution in [0.5, 0.6) is 0 Å². The topological polar surface area (TPSA) is 112 Å². The predicted octanol–water partition coefficient (Wildman–Crippen LogP) is 2.79. The number of carboxylic acids is 3. The lowest BCUT2D eigenvalue weighted by Crippen LogP contribution is -2.07. The van der Waals surface area contributed by atoms with Crippen molar-refractivity contribution in [1.82, 2.24) is 0 Å². The standard InChI is InChI=1S/C13H18O2.C4H4O4/c1-9(2)8-11-4-6-12(7-5-11)10(3)13(14)15;5-3(6)1-2-4(7)8/h4-7,9-10H,8H2,1-3H3,(H,14,15);1-2H,(H,5,6)(H,7,8)/b;2-1+. The minimum atomic E-state index is -1.26.